The van der Waals surface area contributed by atoms with Crippen molar-refractivity contribution >= 4 is 40.7 Å². The lowest BCUT2D eigenvalue weighted by Crippen LogP contribution is -2.29. The maximum atomic E-state index is 13.0. The first kappa shape index (κ1) is 20.1. The van der Waals surface area contributed by atoms with Crippen LogP contribution in [0.25, 0.3) is 5.76 Å². The highest BCUT2D eigenvalue weighted by molar-refractivity contribution is 6.46. The van der Waals surface area contributed by atoms with Crippen LogP contribution >= 0.6 is 23.2 Å². The van der Waals surface area contributed by atoms with E-state index >= 15 is 0 Å². The van der Waals surface area contributed by atoms with Gasteiger partial charge in [-0.05, 0) is 53.6 Å². The number of carbonyl (C=O) groups is 2. The minimum Gasteiger partial charge on any atom is -0.507 e. The highest BCUT2D eigenvalue weighted by Gasteiger charge is 2.46. The van der Waals surface area contributed by atoms with Crippen LogP contribution in [0.15, 0.2) is 78.6 Å². The summed E-state index contributed by atoms with van der Waals surface area (Å²) in [7, 11) is 0. The Balaban J connectivity index is 1.85. The van der Waals surface area contributed by atoms with Gasteiger partial charge < -0.3 is 10.0 Å². The number of likely N-dealkylation sites (tertiary alicyclic amines) is 1. The van der Waals surface area contributed by atoms with E-state index in [1.54, 1.807) is 67.0 Å². The number of hydrogen-bond donors (Lipinski definition) is 1. The molecule has 1 amide bonds. The van der Waals surface area contributed by atoms with Gasteiger partial charge in [-0.15, -0.1) is 0 Å². The molecule has 0 spiro atoms. The quantitative estimate of drug-likeness (QED) is 0.353. The summed E-state index contributed by atoms with van der Waals surface area (Å²) < 4.78 is 0. The van der Waals surface area contributed by atoms with E-state index in [1.165, 1.54) is 4.90 Å². The first-order valence-corrected chi connectivity index (χ1v) is 9.90. The first-order chi connectivity index (χ1) is 14.5. The molecule has 0 radical (unpaired) electrons. The fourth-order valence-corrected chi connectivity index (χ4v) is 3.74. The summed E-state index contributed by atoms with van der Waals surface area (Å²) in [5.41, 5.74) is 1.86. The van der Waals surface area contributed by atoms with Gasteiger partial charge in [-0.3, -0.25) is 14.6 Å². The summed E-state index contributed by atoms with van der Waals surface area (Å²) in [4.78, 5) is 31.4. The molecule has 0 unspecified atom stereocenters. The average Bonchev–Trinajstić information content (AvgIpc) is 3.00. The predicted octanol–water partition coefficient (Wildman–Crippen LogP) is 5.01. The smallest absolute Gasteiger partial charge is 0.295 e. The van der Waals surface area contributed by atoms with Crippen LogP contribution in [-0.4, -0.2) is 26.7 Å². The standard InChI is InChI=1S/C23H16Cl2N2O3/c24-17-7-3-15(4-8-17)20-19(21(28)16-5-9-18(25)10-6-16)22(29)23(30)27(20)13-14-2-1-11-26-12-14/h1-12,20,28H,13H2/t20-/m0/s1. The van der Waals surface area contributed by atoms with Crippen molar-refractivity contribution in [1.82, 2.24) is 9.88 Å². The van der Waals surface area contributed by atoms with Crippen molar-refractivity contribution in [3.63, 3.8) is 0 Å². The highest BCUT2D eigenvalue weighted by Crippen LogP contribution is 2.40. The van der Waals surface area contributed by atoms with Crippen molar-refractivity contribution in [1.29, 1.82) is 0 Å². The Morgan fingerprint density at radius 3 is 2.20 bits per heavy atom. The molecular formula is C23H16Cl2N2O3. The first-order valence-electron chi connectivity index (χ1n) is 9.14. The lowest BCUT2D eigenvalue weighted by molar-refractivity contribution is -0.140. The van der Waals surface area contributed by atoms with Gasteiger partial charge in [-0.1, -0.05) is 41.4 Å². The van der Waals surface area contributed by atoms with Crippen LogP contribution in [-0.2, 0) is 16.1 Å². The number of aliphatic hydroxyl groups is 1. The van der Waals surface area contributed by atoms with Crippen LogP contribution in [0.3, 0.4) is 0 Å². The van der Waals surface area contributed by atoms with E-state index in [0.717, 1.165) is 5.56 Å². The van der Waals surface area contributed by atoms with Crippen molar-refractivity contribution in [3.8, 4) is 0 Å². The van der Waals surface area contributed by atoms with Crippen LogP contribution in [0.2, 0.25) is 10.0 Å². The lowest BCUT2D eigenvalue weighted by atomic mass is 9.95. The molecule has 7 heteroatoms. The fourth-order valence-electron chi connectivity index (χ4n) is 3.49. The van der Waals surface area contributed by atoms with Crippen molar-refractivity contribution in [2.75, 3.05) is 0 Å². The fraction of sp³-hybridized carbons (Fsp3) is 0.0870. The maximum Gasteiger partial charge on any atom is 0.295 e. The molecule has 1 atom stereocenters. The maximum absolute atomic E-state index is 13.0. The van der Waals surface area contributed by atoms with E-state index < -0.39 is 17.7 Å². The van der Waals surface area contributed by atoms with Crippen LogP contribution < -0.4 is 0 Å². The molecule has 1 aliphatic rings. The Bertz CT molecular complexity index is 1130. The van der Waals surface area contributed by atoms with Crippen molar-refractivity contribution < 1.29 is 14.7 Å². The van der Waals surface area contributed by atoms with Gasteiger partial charge in [0.15, 0.2) is 0 Å². The summed E-state index contributed by atoms with van der Waals surface area (Å²) in [6.07, 6.45) is 3.27. The van der Waals surface area contributed by atoms with Crippen LogP contribution in [0, 0.1) is 0 Å². The highest BCUT2D eigenvalue weighted by atomic mass is 35.5. The number of hydrogen-bond acceptors (Lipinski definition) is 4. The number of amides is 1. The minimum absolute atomic E-state index is 0.0218. The molecule has 150 valence electrons. The third-order valence-corrected chi connectivity index (χ3v) is 5.42. The van der Waals surface area contributed by atoms with E-state index in [0.29, 0.717) is 21.2 Å². The van der Waals surface area contributed by atoms with E-state index in [4.69, 9.17) is 23.2 Å². The van der Waals surface area contributed by atoms with Crippen LogP contribution in [0.5, 0.6) is 0 Å². The minimum atomic E-state index is -0.766. The van der Waals surface area contributed by atoms with E-state index in [9.17, 15) is 14.7 Å². The topological polar surface area (TPSA) is 70.5 Å². The predicted molar refractivity (Wildman–Crippen MR) is 115 cm³/mol. The number of rotatable bonds is 4. The molecule has 5 nitrogen and oxygen atoms in total. The van der Waals surface area contributed by atoms with Gasteiger partial charge >= 0.3 is 0 Å². The summed E-state index contributed by atoms with van der Waals surface area (Å²) in [6.45, 7) is 0.170. The van der Waals surface area contributed by atoms with Gasteiger partial charge in [0.05, 0.1) is 11.6 Å². The molecule has 2 heterocycles. The van der Waals surface area contributed by atoms with Crippen molar-refractivity contribution in [2.45, 2.75) is 12.6 Å². The zero-order valence-corrected chi connectivity index (χ0v) is 17.1. The van der Waals surface area contributed by atoms with Gasteiger partial charge in [-0.2, -0.15) is 0 Å². The summed E-state index contributed by atoms with van der Waals surface area (Å²) in [5, 5.41) is 12.0. The summed E-state index contributed by atoms with van der Waals surface area (Å²) in [6, 6.07) is 16.1. The van der Waals surface area contributed by atoms with Gasteiger partial charge in [0, 0.05) is 34.5 Å². The molecule has 4 rings (SSSR count). The zero-order chi connectivity index (χ0) is 21.3. The van der Waals surface area contributed by atoms with Crippen molar-refractivity contribution in [2.24, 2.45) is 0 Å². The number of aliphatic hydroxyl groups excluding tert-OH is 1. The zero-order valence-electron chi connectivity index (χ0n) is 15.6. The Kier molecular flexibility index (Phi) is 5.57. The second-order valence-electron chi connectivity index (χ2n) is 6.85. The second kappa shape index (κ2) is 8.30. The molecule has 30 heavy (non-hydrogen) atoms. The molecule has 0 bridgehead atoms. The second-order valence-corrected chi connectivity index (χ2v) is 7.72. The van der Waals surface area contributed by atoms with Gasteiger partial charge in [0.1, 0.15) is 5.76 Å². The Labute approximate surface area is 183 Å². The number of ketones is 1. The van der Waals surface area contributed by atoms with Crippen LogP contribution in [0.4, 0.5) is 0 Å². The van der Waals surface area contributed by atoms with Gasteiger partial charge in [0.25, 0.3) is 11.7 Å². The molecular weight excluding hydrogens is 423 g/mol. The molecule has 1 aromatic heterocycles. The number of pyridine rings is 1. The Morgan fingerprint density at radius 2 is 1.60 bits per heavy atom. The molecule has 0 saturated carbocycles. The number of aromatic nitrogens is 1. The number of Topliss-reactive ketones (excluding diaryl/α,β-unsaturated/α-hetero) is 1. The summed E-state index contributed by atoms with van der Waals surface area (Å²) in [5.74, 6) is -1.68. The monoisotopic (exact) mass is 438 g/mol. The molecule has 3 aromatic rings. The third kappa shape index (κ3) is 3.82. The third-order valence-electron chi connectivity index (χ3n) is 4.92. The van der Waals surface area contributed by atoms with Gasteiger partial charge in [0.2, 0.25) is 0 Å². The number of nitrogens with zero attached hydrogens (tertiary/aromatic N) is 2. The molecule has 2 aromatic carbocycles. The molecule has 1 N–H and O–H groups in total. The van der Waals surface area contributed by atoms with E-state index in [-0.39, 0.29) is 17.9 Å². The van der Waals surface area contributed by atoms with Crippen LogP contribution in [0.1, 0.15) is 22.7 Å². The number of halogens is 2. The Hall–Kier alpha value is -3.15. The van der Waals surface area contributed by atoms with Gasteiger partial charge in [-0.25, -0.2) is 0 Å². The largest absolute Gasteiger partial charge is 0.507 e. The Morgan fingerprint density at radius 1 is 0.967 bits per heavy atom. The normalized spacial score (nSPS) is 18.1. The average molecular weight is 439 g/mol. The molecule has 1 saturated heterocycles. The molecule has 1 fully saturated rings. The number of carbonyl (C=O) groups excluding carboxylic acids is 2. The molecule has 0 aliphatic carbocycles. The SMILES string of the molecule is O=C1C(=O)N(Cc2cccnc2)[C@@H](c2ccc(Cl)cc2)C1=C(O)c1ccc(Cl)cc1. The molecule has 1 aliphatic heterocycles. The van der Waals surface area contributed by atoms with E-state index in [2.05, 4.69) is 4.98 Å². The lowest BCUT2D eigenvalue weighted by Gasteiger charge is -2.25. The summed E-state index contributed by atoms with van der Waals surface area (Å²) >= 11 is 12.0. The number of benzene rings is 2. The van der Waals surface area contributed by atoms with E-state index in [1.807, 2.05) is 6.07 Å². The van der Waals surface area contributed by atoms with Crippen molar-refractivity contribution in [3.05, 3.63) is 105 Å².